The van der Waals surface area contributed by atoms with Gasteiger partial charge in [-0.2, -0.15) is 0 Å². The van der Waals surface area contributed by atoms with Crippen molar-refractivity contribution in [1.29, 1.82) is 0 Å². The highest BCUT2D eigenvalue weighted by atomic mass is 16.5. The number of ether oxygens (including phenoxy) is 6. The molecule has 9 heteroatoms. The van der Waals surface area contributed by atoms with Gasteiger partial charge >= 0.3 is 5.97 Å². The van der Waals surface area contributed by atoms with Crippen molar-refractivity contribution in [2.24, 2.45) is 0 Å². The highest BCUT2D eigenvalue weighted by Crippen LogP contribution is 2.43. The Morgan fingerprint density at radius 2 is 1.27 bits per heavy atom. The minimum atomic E-state index is -0.714. The molecule has 0 unspecified atom stereocenters. The van der Waals surface area contributed by atoms with Crippen molar-refractivity contribution in [1.82, 2.24) is 4.57 Å². The number of fused-ring (bicyclic) bond motifs is 1. The average molecular weight is 506 g/mol. The van der Waals surface area contributed by atoms with E-state index in [1.54, 1.807) is 54.6 Å². The summed E-state index contributed by atoms with van der Waals surface area (Å²) in [5.41, 5.74) is 0.956. The van der Waals surface area contributed by atoms with Gasteiger partial charge in [0.1, 0.15) is 17.2 Å². The molecule has 0 fully saturated rings. The number of carbonyl (C=O) groups excluding carboxylic acids is 1. The summed E-state index contributed by atoms with van der Waals surface area (Å²) in [4.78, 5) is 27.3. The molecule has 0 aliphatic rings. The molecule has 1 aromatic heterocycles. The molecule has 0 atom stereocenters. The second kappa shape index (κ2) is 10.5. The maximum absolute atomic E-state index is 13.9. The molecule has 1 heterocycles. The number of carbonyl (C=O) groups is 1. The van der Waals surface area contributed by atoms with E-state index in [9.17, 15) is 9.59 Å². The molecule has 0 aliphatic carbocycles. The largest absolute Gasteiger partial charge is 0.497 e. The number of pyridine rings is 1. The summed E-state index contributed by atoms with van der Waals surface area (Å²) in [5.74, 6) is 1.34. The first-order chi connectivity index (χ1) is 17.9. The van der Waals surface area contributed by atoms with Crippen LogP contribution in [-0.2, 0) is 4.74 Å². The molecule has 3 aromatic carbocycles. The Labute approximate surface area is 213 Å². The zero-order valence-corrected chi connectivity index (χ0v) is 21.4. The number of rotatable bonds is 8. The van der Waals surface area contributed by atoms with Gasteiger partial charge in [-0.1, -0.05) is 18.2 Å². The molecular weight excluding hydrogens is 478 g/mol. The summed E-state index contributed by atoms with van der Waals surface area (Å²) in [6, 6.07) is 15.4. The first kappa shape index (κ1) is 25.4. The molecule has 9 nitrogen and oxygen atoms in total. The average Bonchev–Trinajstić information content (AvgIpc) is 2.95. The first-order valence-electron chi connectivity index (χ1n) is 11.2. The smallest absolute Gasteiger partial charge is 0.355 e. The number of aromatic nitrogens is 1. The lowest BCUT2D eigenvalue weighted by atomic mass is 9.95. The monoisotopic (exact) mass is 505 g/mol. The predicted molar refractivity (Wildman–Crippen MR) is 139 cm³/mol. The van der Waals surface area contributed by atoms with E-state index in [1.807, 2.05) is 0 Å². The zero-order chi connectivity index (χ0) is 26.7. The van der Waals surface area contributed by atoms with Gasteiger partial charge in [0.05, 0.1) is 48.3 Å². The molecule has 0 bridgehead atoms. The Morgan fingerprint density at radius 3 is 1.76 bits per heavy atom. The van der Waals surface area contributed by atoms with E-state index in [2.05, 4.69) is 0 Å². The third-order valence-electron chi connectivity index (χ3n) is 6.02. The third kappa shape index (κ3) is 4.40. The standard InChI is InChI=1S/C28H27NO8/c1-32-18-13-17(14-19(15-18)33-2)29-25(28(31)37-6)24(20-9-7-8-10-21(20)27(29)30)16-11-22(34-3)26(36-5)23(12-16)35-4/h7-15H,1-6H3. The van der Waals surface area contributed by atoms with Crippen molar-refractivity contribution in [2.45, 2.75) is 0 Å². The van der Waals surface area contributed by atoms with Gasteiger partial charge in [-0.3, -0.25) is 9.36 Å². The normalized spacial score (nSPS) is 10.6. The molecule has 4 rings (SSSR count). The zero-order valence-electron chi connectivity index (χ0n) is 21.4. The minimum absolute atomic E-state index is 0.00998. The van der Waals surface area contributed by atoms with Crippen LogP contribution in [0.1, 0.15) is 10.5 Å². The molecule has 0 spiro atoms. The minimum Gasteiger partial charge on any atom is -0.497 e. The molecule has 0 saturated heterocycles. The van der Waals surface area contributed by atoms with Crippen molar-refractivity contribution >= 4 is 16.7 Å². The van der Waals surface area contributed by atoms with Gasteiger partial charge in [0, 0.05) is 29.1 Å². The van der Waals surface area contributed by atoms with Crippen LogP contribution in [0.15, 0.2) is 59.4 Å². The Morgan fingerprint density at radius 1 is 0.703 bits per heavy atom. The van der Waals surface area contributed by atoms with Gasteiger partial charge in [-0.15, -0.1) is 0 Å². The van der Waals surface area contributed by atoms with Crippen LogP contribution in [0, 0.1) is 0 Å². The van der Waals surface area contributed by atoms with Gasteiger partial charge in [0.2, 0.25) is 5.75 Å². The molecular formula is C28H27NO8. The van der Waals surface area contributed by atoms with E-state index in [0.29, 0.717) is 56.3 Å². The second-order valence-corrected chi connectivity index (χ2v) is 7.89. The van der Waals surface area contributed by atoms with Gasteiger partial charge in [0.15, 0.2) is 11.5 Å². The van der Waals surface area contributed by atoms with Crippen LogP contribution in [-0.4, -0.2) is 53.2 Å². The second-order valence-electron chi connectivity index (χ2n) is 7.89. The molecule has 4 aromatic rings. The number of hydrogen-bond acceptors (Lipinski definition) is 8. The number of benzene rings is 3. The van der Waals surface area contributed by atoms with Crippen molar-refractivity contribution in [3.05, 3.63) is 70.6 Å². The molecule has 192 valence electrons. The van der Waals surface area contributed by atoms with Crippen molar-refractivity contribution in [2.75, 3.05) is 42.7 Å². The number of methoxy groups -OCH3 is 6. The van der Waals surface area contributed by atoms with Gasteiger partial charge in [-0.25, -0.2) is 4.79 Å². The Balaban J connectivity index is 2.24. The van der Waals surface area contributed by atoms with Crippen LogP contribution in [0.4, 0.5) is 0 Å². The lowest BCUT2D eigenvalue weighted by molar-refractivity contribution is 0.0591. The lowest BCUT2D eigenvalue weighted by Gasteiger charge is -2.21. The fourth-order valence-corrected chi connectivity index (χ4v) is 4.32. The first-order valence-corrected chi connectivity index (χ1v) is 11.2. The van der Waals surface area contributed by atoms with Crippen LogP contribution in [0.2, 0.25) is 0 Å². The van der Waals surface area contributed by atoms with Crippen molar-refractivity contribution < 1.29 is 33.2 Å². The third-order valence-corrected chi connectivity index (χ3v) is 6.02. The summed E-state index contributed by atoms with van der Waals surface area (Å²) in [5, 5.41) is 0.939. The van der Waals surface area contributed by atoms with E-state index in [-0.39, 0.29) is 5.69 Å². The molecule has 37 heavy (non-hydrogen) atoms. The molecule has 0 amide bonds. The summed E-state index contributed by atoms with van der Waals surface area (Å²) >= 11 is 0. The van der Waals surface area contributed by atoms with E-state index in [4.69, 9.17) is 28.4 Å². The fraction of sp³-hybridized carbons (Fsp3) is 0.214. The summed E-state index contributed by atoms with van der Waals surface area (Å²) in [7, 11) is 8.78. The summed E-state index contributed by atoms with van der Waals surface area (Å²) < 4.78 is 33.9. The van der Waals surface area contributed by atoms with Crippen molar-refractivity contribution in [3.8, 4) is 45.6 Å². The molecule has 0 aliphatic heterocycles. The van der Waals surface area contributed by atoms with Gasteiger partial charge in [0.25, 0.3) is 5.56 Å². The topological polar surface area (TPSA) is 94.5 Å². The van der Waals surface area contributed by atoms with E-state index in [0.717, 1.165) is 0 Å². The predicted octanol–water partition coefficient (Wildman–Crippen LogP) is 4.49. The Bertz CT molecular complexity index is 1490. The highest BCUT2D eigenvalue weighted by Gasteiger charge is 2.27. The SMILES string of the molecule is COC(=O)c1c(-c2cc(OC)c(OC)c(OC)c2)c2ccccc2c(=O)n1-c1cc(OC)cc(OC)c1. The quantitative estimate of drug-likeness (QED) is 0.324. The Hall–Kier alpha value is -4.66. The number of hydrogen-bond donors (Lipinski definition) is 0. The van der Waals surface area contributed by atoms with Crippen LogP contribution < -0.4 is 29.2 Å². The molecule has 0 N–H and O–H groups in total. The highest BCUT2D eigenvalue weighted by molar-refractivity contribution is 6.07. The number of nitrogens with zero attached hydrogens (tertiary/aromatic N) is 1. The molecule has 0 saturated carbocycles. The summed E-state index contributed by atoms with van der Waals surface area (Å²) in [6.07, 6.45) is 0. The molecule has 0 radical (unpaired) electrons. The van der Waals surface area contributed by atoms with Crippen LogP contribution in [0.3, 0.4) is 0 Å². The van der Waals surface area contributed by atoms with Gasteiger partial charge < -0.3 is 28.4 Å². The Kier molecular flexibility index (Phi) is 7.24. The maximum atomic E-state index is 13.9. The fourth-order valence-electron chi connectivity index (χ4n) is 4.32. The van der Waals surface area contributed by atoms with Crippen molar-refractivity contribution in [3.63, 3.8) is 0 Å². The van der Waals surface area contributed by atoms with Gasteiger partial charge in [-0.05, 0) is 29.1 Å². The summed E-state index contributed by atoms with van der Waals surface area (Å²) in [6.45, 7) is 0. The maximum Gasteiger partial charge on any atom is 0.355 e. The lowest BCUT2D eigenvalue weighted by Crippen LogP contribution is -2.27. The van der Waals surface area contributed by atoms with Crippen LogP contribution >= 0.6 is 0 Å². The van der Waals surface area contributed by atoms with E-state index >= 15 is 0 Å². The van der Waals surface area contributed by atoms with Crippen LogP contribution in [0.5, 0.6) is 28.7 Å². The van der Waals surface area contributed by atoms with Crippen LogP contribution in [0.25, 0.3) is 27.6 Å². The number of esters is 1. The van der Waals surface area contributed by atoms with E-state index < -0.39 is 11.5 Å². The van der Waals surface area contributed by atoms with E-state index in [1.165, 1.54) is 47.2 Å².